The van der Waals surface area contributed by atoms with E-state index in [9.17, 15) is 9.59 Å². The first-order valence-corrected chi connectivity index (χ1v) is 3.55. The Hall–Kier alpha value is -0.900. The van der Waals surface area contributed by atoms with Crippen LogP contribution in [0.15, 0.2) is 0 Å². The van der Waals surface area contributed by atoms with Gasteiger partial charge in [-0.3, -0.25) is 4.79 Å². The molecule has 0 saturated carbocycles. The maximum absolute atomic E-state index is 10.3. The number of hydrogen-bond donors (Lipinski definition) is 2. The number of carbonyl (C=O) groups excluding carboxylic acids is 1. The summed E-state index contributed by atoms with van der Waals surface area (Å²) in [6, 6.07) is 0. The Balaban J connectivity index is 3.52. The second-order valence-corrected chi connectivity index (χ2v) is 2.33. The number of carboxylic acid groups (broad SMARTS) is 1. The number of carbonyl (C=O) groups is 2. The molecule has 0 aromatic rings. The maximum atomic E-state index is 10.3. The summed E-state index contributed by atoms with van der Waals surface area (Å²) in [6.07, 6.45) is 1.61. The third-order valence-electron chi connectivity index (χ3n) is 1.42. The van der Waals surface area contributed by atoms with Crippen LogP contribution in [0.2, 0.25) is 0 Å². The number of aldehydes is 1. The lowest BCUT2D eigenvalue weighted by Crippen LogP contribution is -2.17. The molecule has 0 aromatic carbocycles. The van der Waals surface area contributed by atoms with Crippen LogP contribution in [0.1, 0.15) is 12.8 Å². The molecule has 0 aliphatic rings. The van der Waals surface area contributed by atoms with Crippen molar-refractivity contribution in [3.05, 3.63) is 0 Å². The van der Waals surface area contributed by atoms with E-state index in [4.69, 9.17) is 5.11 Å². The average molecular weight is 159 g/mol. The lowest BCUT2D eigenvalue weighted by atomic mass is 10.1. The zero-order valence-corrected chi connectivity index (χ0v) is 6.54. The highest BCUT2D eigenvalue weighted by molar-refractivity contribution is 5.86. The number of aliphatic carboxylic acids is 1. The van der Waals surface area contributed by atoms with Gasteiger partial charge in [0.15, 0.2) is 0 Å². The van der Waals surface area contributed by atoms with Crippen LogP contribution in [-0.4, -0.2) is 31.0 Å². The number of nitrogens with one attached hydrogen (secondary N) is 1. The van der Waals surface area contributed by atoms with E-state index in [0.29, 0.717) is 19.1 Å². The predicted molar refractivity (Wildman–Crippen MR) is 40.4 cm³/mol. The molecule has 4 heteroatoms. The van der Waals surface area contributed by atoms with Crippen molar-refractivity contribution in [2.24, 2.45) is 5.92 Å². The van der Waals surface area contributed by atoms with Crippen LogP contribution in [0.5, 0.6) is 0 Å². The van der Waals surface area contributed by atoms with E-state index in [1.807, 2.05) is 0 Å². The Kier molecular flexibility index (Phi) is 5.37. The van der Waals surface area contributed by atoms with Crippen molar-refractivity contribution < 1.29 is 14.7 Å². The molecule has 64 valence electrons. The minimum Gasteiger partial charge on any atom is -0.481 e. The van der Waals surface area contributed by atoms with Gasteiger partial charge in [0, 0.05) is 0 Å². The summed E-state index contributed by atoms with van der Waals surface area (Å²) in [6.45, 7) is 0.748. The van der Waals surface area contributed by atoms with Crippen LogP contribution >= 0.6 is 0 Å². The zero-order valence-electron chi connectivity index (χ0n) is 6.54. The van der Waals surface area contributed by atoms with E-state index >= 15 is 0 Å². The fourth-order valence-electron chi connectivity index (χ4n) is 0.748. The van der Waals surface area contributed by atoms with Crippen LogP contribution in [0, 0.1) is 5.92 Å². The van der Waals surface area contributed by atoms with Crippen molar-refractivity contribution >= 4 is 12.3 Å². The smallest absolute Gasteiger partial charge is 0.313 e. The molecule has 11 heavy (non-hydrogen) atoms. The summed E-state index contributed by atoms with van der Waals surface area (Å²) in [4.78, 5) is 20.4. The lowest BCUT2D eigenvalue weighted by molar-refractivity contribution is -0.143. The van der Waals surface area contributed by atoms with E-state index < -0.39 is 11.9 Å². The van der Waals surface area contributed by atoms with Gasteiger partial charge in [-0.1, -0.05) is 0 Å². The fourth-order valence-corrected chi connectivity index (χ4v) is 0.748. The van der Waals surface area contributed by atoms with E-state index in [-0.39, 0.29) is 0 Å². The monoisotopic (exact) mass is 159 g/mol. The molecule has 0 bridgehead atoms. The fraction of sp³-hybridized carbons (Fsp3) is 0.714. The molecule has 0 amide bonds. The normalized spacial score (nSPS) is 12.5. The first kappa shape index (κ1) is 10.1. The second kappa shape index (κ2) is 5.85. The first-order chi connectivity index (χ1) is 5.22. The van der Waals surface area contributed by atoms with Crippen LogP contribution in [0.25, 0.3) is 0 Å². The van der Waals surface area contributed by atoms with Gasteiger partial charge in [-0.2, -0.15) is 0 Å². The van der Waals surface area contributed by atoms with Gasteiger partial charge in [-0.05, 0) is 26.4 Å². The summed E-state index contributed by atoms with van der Waals surface area (Å²) in [5.41, 5.74) is 0. The summed E-state index contributed by atoms with van der Waals surface area (Å²) < 4.78 is 0. The Bertz CT molecular complexity index is 136. The number of hydrogen-bond acceptors (Lipinski definition) is 3. The van der Waals surface area contributed by atoms with Gasteiger partial charge in [0.2, 0.25) is 0 Å². The molecule has 0 saturated heterocycles. The number of rotatable bonds is 6. The average Bonchev–Trinajstić information content (AvgIpc) is 1.97. The Labute approximate surface area is 65.6 Å². The zero-order chi connectivity index (χ0) is 8.69. The molecule has 0 spiro atoms. The van der Waals surface area contributed by atoms with Gasteiger partial charge in [0.05, 0.1) is 0 Å². The first-order valence-electron chi connectivity index (χ1n) is 3.55. The summed E-state index contributed by atoms with van der Waals surface area (Å²) >= 11 is 0. The highest BCUT2D eigenvalue weighted by atomic mass is 16.4. The summed E-state index contributed by atoms with van der Waals surface area (Å²) in [5, 5.41) is 11.3. The molecule has 2 N–H and O–H groups in total. The van der Waals surface area contributed by atoms with E-state index in [0.717, 1.165) is 6.54 Å². The van der Waals surface area contributed by atoms with Gasteiger partial charge in [-0.15, -0.1) is 0 Å². The molecule has 1 atom stereocenters. The molecule has 0 aliphatic heterocycles. The standard InChI is InChI=1S/C7H13NO3/c1-8-4-2-3-6(5-9)7(10)11/h5-6,8H,2-4H2,1H3,(H,10,11). The molecule has 1 unspecified atom stereocenters. The van der Waals surface area contributed by atoms with Gasteiger partial charge < -0.3 is 15.2 Å². The van der Waals surface area contributed by atoms with E-state index in [2.05, 4.69) is 5.32 Å². The van der Waals surface area contributed by atoms with Crippen molar-refractivity contribution in [2.75, 3.05) is 13.6 Å². The third-order valence-corrected chi connectivity index (χ3v) is 1.42. The Morgan fingerprint density at radius 1 is 1.73 bits per heavy atom. The van der Waals surface area contributed by atoms with E-state index in [1.54, 1.807) is 7.05 Å². The van der Waals surface area contributed by atoms with Crippen molar-refractivity contribution in [2.45, 2.75) is 12.8 Å². The van der Waals surface area contributed by atoms with Crippen LogP contribution in [0.4, 0.5) is 0 Å². The molecule has 0 heterocycles. The minimum absolute atomic E-state index is 0.416. The molecule has 0 rings (SSSR count). The van der Waals surface area contributed by atoms with Gasteiger partial charge >= 0.3 is 5.97 Å². The molecular weight excluding hydrogens is 146 g/mol. The van der Waals surface area contributed by atoms with Crippen molar-refractivity contribution in [3.63, 3.8) is 0 Å². The maximum Gasteiger partial charge on any atom is 0.313 e. The largest absolute Gasteiger partial charge is 0.481 e. The van der Waals surface area contributed by atoms with Crippen LogP contribution in [-0.2, 0) is 9.59 Å². The molecule has 0 aliphatic carbocycles. The van der Waals surface area contributed by atoms with Crippen molar-refractivity contribution in [1.82, 2.24) is 5.32 Å². The highest BCUT2D eigenvalue weighted by Crippen LogP contribution is 2.02. The van der Waals surface area contributed by atoms with Crippen LogP contribution < -0.4 is 5.32 Å². The summed E-state index contributed by atoms with van der Waals surface area (Å²) in [5.74, 6) is -1.86. The minimum atomic E-state index is -1.03. The molecular formula is C7H13NO3. The second-order valence-electron chi connectivity index (χ2n) is 2.33. The molecule has 4 nitrogen and oxygen atoms in total. The topological polar surface area (TPSA) is 66.4 Å². The summed E-state index contributed by atoms with van der Waals surface area (Å²) in [7, 11) is 1.79. The molecule has 0 radical (unpaired) electrons. The van der Waals surface area contributed by atoms with Gasteiger partial charge in [0.1, 0.15) is 12.2 Å². The predicted octanol–water partition coefficient (Wildman–Crippen LogP) is -0.114. The molecule has 0 aromatic heterocycles. The lowest BCUT2D eigenvalue weighted by Gasteiger charge is -2.02. The Morgan fingerprint density at radius 3 is 2.73 bits per heavy atom. The van der Waals surface area contributed by atoms with Crippen LogP contribution in [0.3, 0.4) is 0 Å². The van der Waals surface area contributed by atoms with Crippen molar-refractivity contribution in [1.29, 1.82) is 0 Å². The van der Waals surface area contributed by atoms with Gasteiger partial charge in [0.25, 0.3) is 0 Å². The van der Waals surface area contributed by atoms with Crippen molar-refractivity contribution in [3.8, 4) is 0 Å². The third kappa shape index (κ3) is 4.50. The van der Waals surface area contributed by atoms with E-state index in [1.165, 1.54) is 0 Å². The van der Waals surface area contributed by atoms with Gasteiger partial charge in [-0.25, -0.2) is 0 Å². The molecule has 0 fully saturated rings. The quantitative estimate of drug-likeness (QED) is 0.322. The Morgan fingerprint density at radius 2 is 2.36 bits per heavy atom. The number of carboxylic acids is 1. The SMILES string of the molecule is CNCCCC(C=O)C(=O)O. The highest BCUT2D eigenvalue weighted by Gasteiger charge is 2.14.